The van der Waals surface area contributed by atoms with Gasteiger partial charge < -0.3 is 41.9 Å². The van der Waals surface area contributed by atoms with E-state index in [9.17, 15) is 24.6 Å². The highest BCUT2D eigenvalue weighted by atomic mass is 16.5. The maximum Gasteiger partial charge on any atom is 0.328 e. The fraction of sp³-hybridized carbons (Fsp3) is 0.389. The smallest absolute Gasteiger partial charge is 0.328 e. The summed E-state index contributed by atoms with van der Waals surface area (Å²) in [5, 5.41) is 36.0. The molecule has 1 aromatic heterocycles. The molecule has 9 N–H and O–H groups in total. The van der Waals surface area contributed by atoms with Gasteiger partial charge in [-0.15, -0.1) is 0 Å². The molecule has 1 aromatic carbocycles. The summed E-state index contributed by atoms with van der Waals surface area (Å²) in [6.45, 7) is 1.19. The van der Waals surface area contributed by atoms with Crippen molar-refractivity contribution in [2.75, 3.05) is 0 Å². The van der Waals surface area contributed by atoms with E-state index >= 15 is 0 Å². The van der Waals surface area contributed by atoms with Crippen molar-refractivity contribution in [3.8, 4) is 5.75 Å². The molecule has 168 valence electrons. The predicted octanol–water partition coefficient (Wildman–Crippen LogP) is -0.933. The third-order valence-corrected chi connectivity index (χ3v) is 4.22. The second kappa shape index (κ2) is 10.4. The summed E-state index contributed by atoms with van der Waals surface area (Å²) in [6, 6.07) is 1.97. The number of aliphatic hydroxyl groups excluding tert-OH is 1. The molecular weight excluding hydrogens is 412 g/mol. The third kappa shape index (κ3) is 6.94. The Morgan fingerprint density at radius 1 is 1.19 bits per heavy atom. The number of phenols is 1. The number of urea groups is 1. The molecule has 2 rings (SSSR count). The van der Waals surface area contributed by atoms with Crippen molar-refractivity contribution in [1.29, 1.82) is 0 Å². The largest absolute Gasteiger partial charge is 0.508 e. The lowest BCUT2D eigenvalue weighted by Gasteiger charge is -2.19. The number of carbonyl (C=O) groups excluding carboxylic acids is 2. The van der Waals surface area contributed by atoms with Crippen LogP contribution in [0.15, 0.2) is 28.8 Å². The van der Waals surface area contributed by atoms with E-state index in [1.165, 1.54) is 19.1 Å². The van der Waals surface area contributed by atoms with E-state index in [1.54, 1.807) is 12.1 Å². The Morgan fingerprint density at radius 2 is 1.84 bits per heavy atom. The van der Waals surface area contributed by atoms with Crippen LogP contribution in [0.2, 0.25) is 0 Å². The number of rotatable bonds is 10. The van der Waals surface area contributed by atoms with Crippen molar-refractivity contribution < 1.29 is 34.2 Å². The Morgan fingerprint density at radius 3 is 2.39 bits per heavy atom. The minimum absolute atomic E-state index is 0.104. The Hall–Kier alpha value is -3.71. The zero-order valence-electron chi connectivity index (χ0n) is 16.6. The van der Waals surface area contributed by atoms with Gasteiger partial charge in [0.15, 0.2) is 11.9 Å². The number of aromatic hydroxyl groups is 1. The highest BCUT2D eigenvalue weighted by Gasteiger charge is 2.29. The Kier molecular flexibility index (Phi) is 7.88. The normalized spacial score (nSPS) is 14.8. The molecule has 0 saturated heterocycles. The molecule has 0 radical (unpaired) electrons. The topological polar surface area (TPSA) is 227 Å². The number of carbonyl (C=O) groups is 3. The number of amides is 3. The molecule has 31 heavy (non-hydrogen) atoms. The first-order chi connectivity index (χ1) is 14.6. The summed E-state index contributed by atoms with van der Waals surface area (Å²) in [5.41, 5.74) is 12.1. The number of carboxylic acids is 1. The van der Waals surface area contributed by atoms with E-state index in [4.69, 9.17) is 21.1 Å². The van der Waals surface area contributed by atoms with Crippen LogP contribution < -0.4 is 22.1 Å². The van der Waals surface area contributed by atoms with Gasteiger partial charge in [-0.05, 0) is 31.0 Å². The maximum atomic E-state index is 12.2. The summed E-state index contributed by atoms with van der Waals surface area (Å²) < 4.78 is 5.11. The minimum atomic E-state index is -1.58. The van der Waals surface area contributed by atoms with E-state index < -0.39 is 48.6 Å². The van der Waals surface area contributed by atoms with Gasteiger partial charge in [0.2, 0.25) is 11.8 Å². The Balaban J connectivity index is 2.11. The first-order valence-corrected chi connectivity index (χ1v) is 9.20. The molecule has 0 aliphatic rings. The molecule has 0 saturated carbocycles. The second-order valence-electron chi connectivity index (χ2n) is 6.87. The van der Waals surface area contributed by atoms with Gasteiger partial charge in [0.25, 0.3) is 0 Å². The van der Waals surface area contributed by atoms with Crippen LogP contribution in [0.4, 0.5) is 4.79 Å². The Labute approximate surface area is 176 Å². The van der Waals surface area contributed by atoms with Gasteiger partial charge >= 0.3 is 12.0 Å². The van der Waals surface area contributed by atoms with Gasteiger partial charge in [-0.25, -0.2) is 9.59 Å². The van der Waals surface area contributed by atoms with Crippen LogP contribution >= 0.6 is 0 Å². The summed E-state index contributed by atoms with van der Waals surface area (Å²) >= 11 is 0. The number of aromatic nitrogens is 2. The quantitative estimate of drug-likeness (QED) is 0.242. The van der Waals surface area contributed by atoms with Crippen molar-refractivity contribution in [1.82, 2.24) is 20.8 Å². The number of phenolic OH excluding ortho intramolecular Hbond substituents is 1. The molecule has 0 aliphatic heterocycles. The highest BCUT2D eigenvalue weighted by molar-refractivity contribution is 5.83. The molecule has 13 nitrogen and oxygen atoms in total. The molecule has 1 unspecified atom stereocenters. The van der Waals surface area contributed by atoms with E-state index in [1.807, 2.05) is 0 Å². The minimum Gasteiger partial charge on any atom is -0.508 e. The van der Waals surface area contributed by atoms with Crippen molar-refractivity contribution in [3.63, 3.8) is 0 Å². The molecule has 0 bridgehead atoms. The van der Waals surface area contributed by atoms with E-state index in [-0.39, 0.29) is 17.5 Å². The van der Waals surface area contributed by atoms with E-state index in [2.05, 4.69) is 20.8 Å². The van der Waals surface area contributed by atoms with Crippen molar-refractivity contribution in [3.05, 3.63) is 41.5 Å². The van der Waals surface area contributed by atoms with Gasteiger partial charge in [0, 0.05) is 0 Å². The van der Waals surface area contributed by atoms with Crippen LogP contribution in [0, 0.1) is 0 Å². The first-order valence-electron chi connectivity index (χ1n) is 9.20. The highest BCUT2D eigenvalue weighted by Crippen LogP contribution is 2.20. The molecule has 0 aliphatic carbocycles. The zero-order chi connectivity index (χ0) is 23.1. The van der Waals surface area contributed by atoms with E-state index in [0.29, 0.717) is 6.42 Å². The second-order valence-corrected chi connectivity index (χ2v) is 6.87. The van der Waals surface area contributed by atoms with Gasteiger partial charge in [-0.3, -0.25) is 4.79 Å². The van der Waals surface area contributed by atoms with Crippen LogP contribution in [0.1, 0.15) is 42.7 Å². The van der Waals surface area contributed by atoms with Gasteiger partial charge in [-0.1, -0.05) is 17.3 Å². The first kappa shape index (κ1) is 23.6. The fourth-order valence-electron chi connectivity index (χ4n) is 2.65. The predicted molar refractivity (Wildman–Crippen MR) is 104 cm³/mol. The van der Waals surface area contributed by atoms with Crippen LogP contribution in [-0.2, 0) is 16.0 Å². The van der Waals surface area contributed by atoms with Gasteiger partial charge in [0.1, 0.15) is 11.8 Å². The summed E-state index contributed by atoms with van der Waals surface area (Å²) in [7, 11) is 0. The standard InChI is InChI=1S/C18H24N6O7/c1-8(25)14(17(28)29)22-18(30)21-12(7-13(20)27)16-23-15(24-31-16)11(19)6-9-2-4-10(26)5-3-9/h2-5,8,11-12,14,25-26H,6-7,19H2,1H3,(H2,20,27)(H,28,29)(H2,21,22,30)/t8?,11-,12-,14-/m0/s1. The number of primary amides is 1. The fourth-order valence-corrected chi connectivity index (χ4v) is 2.65. The average molecular weight is 436 g/mol. The lowest BCUT2D eigenvalue weighted by Crippen LogP contribution is -2.52. The molecule has 2 aromatic rings. The number of nitrogens with zero attached hydrogens (tertiary/aromatic N) is 2. The molecule has 0 fully saturated rings. The average Bonchev–Trinajstić information content (AvgIpc) is 3.17. The molecule has 3 amide bonds. The number of hydrogen-bond donors (Lipinski definition) is 7. The Bertz CT molecular complexity index is 914. The van der Waals surface area contributed by atoms with Crippen molar-refractivity contribution in [2.24, 2.45) is 11.5 Å². The summed E-state index contributed by atoms with van der Waals surface area (Å²) in [4.78, 5) is 38.8. The third-order valence-electron chi connectivity index (χ3n) is 4.22. The maximum absolute atomic E-state index is 12.2. The van der Waals surface area contributed by atoms with Crippen LogP contribution in [-0.4, -0.2) is 55.5 Å². The lowest BCUT2D eigenvalue weighted by molar-refractivity contribution is -0.141. The number of benzene rings is 1. The summed E-state index contributed by atoms with van der Waals surface area (Å²) in [6.07, 6.45) is -1.46. The number of nitrogens with two attached hydrogens (primary N) is 2. The lowest BCUT2D eigenvalue weighted by atomic mass is 10.1. The molecular formula is C18H24N6O7. The number of aliphatic hydroxyl groups is 1. The zero-order valence-corrected chi connectivity index (χ0v) is 16.6. The SMILES string of the molecule is CC(O)[C@H](NC(=O)N[C@@H](CC(N)=O)c1nc([C@@H](N)Cc2ccc(O)cc2)no1)C(=O)O. The summed E-state index contributed by atoms with van der Waals surface area (Å²) in [5.74, 6) is -2.18. The molecule has 4 atom stereocenters. The number of hydrogen-bond acceptors (Lipinski definition) is 9. The molecule has 0 spiro atoms. The van der Waals surface area contributed by atoms with E-state index in [0.717, 1.165) is 5.56 Å². The van der Waals surface area contributed by atoms with Crippen LogP contribution in [0.3, 0.4) is 0 Å². The number of aliphatic carboxylic acids is 1. The molecule has 13 heteroatoms. The van der Waals surface area contributed by atoms with Crippen molar-refractivity contribution in [2.45, 2.75) is 44.0 Å². The van der Waals surface area contributed by atoms with Gasteiger partial charge in [0.05, 0.1) is 18.6 Å². The molecule has 1 heterocycles. The van der Waals surface area contributed by atoms with Crippen LogP contribution in [0.5, 0.6) is 5.75 Å². The number of carboxylic acid groups (broad SMARTS) is 1. The van der Waals surface area contributed by atoms with Crippen molar-refractivity contribution >= 4 is 17.9 Å². The van der Waals surface area contributed by atoms with Gasteiger partial charge in [-0.2, -0.15) is 4.98 Å². The monoisotopic (exact) mass is 436 g/mol. The van der Waals surface area contributed by atoms with Crippen LogP contribution in [0.25, 0.3) is 0 Å². The number of nitrogens with one attached hydrogen (secondary N) is 2.